The van der Waals surface area contributed by atoms with E-state index in [4.69, 9.17) is 10.5 Å². The van der Waals surface area contributed by atoms with Gasteiger partial charge in [0, 0.05) is 38.7 Å². The number of piperidine rings is 1. The molecule has 0 saturated carbocycles. The zero-order valence-electron chi connectivity index (χ0n) is 29.8. The van der Waals surface area contributed by atoms with Gasteiger partial charge in [-0.05, 0) is 48.1 Å². The van der Waals surface area contributed by atoms with Crippen LogP contribution in [0.1, 0.15) is 40.1 Å². The van der Waals surface area contributed by atoms with Crippen LogP contribution in [0.2, 0.25) is 0 Å². The molecule has 4 rings (SSSR count). The van der Waals surface area contributed by atoms with Crippen molar-refractivity contribution in [2.75, 3.05) is 57.6 Å². The van der Waals surface area contributed by atoms with Crippen LogP contribution in [0, 0.1) is 11.8 Å². The average Bonchev–Trinajstić information content (AvgIpc) is 3.45. The molecule has 2 heterocycles. The van der Waals surface area contributed by atoms with Crippen LogP contribution in [0.3, 0.4) is 0 Å². The van der Waals surface area contributed by atoms with Crippen LogP contribution in [0.5, 0.6) is 5.75 Å². The Balaban J connectivity index is 1.52. The highest BCUT2D eigenvalue weighted by atomic mass is 32.1. The molecule has 300 valence electrons. The number of hydrogen-bond donors (Lipinski definition) is 5. The molecule has 2 amide bonds. The predicted octanol–water partition coefficient (Wildman–Crippen LogP) is 4.44. The Morgan fingerprint density at radius 1 is 1.15 bits per heavy atom. The van der Waals surface area contributed by atoms with Crippen molar-refractivity contribution >= 4 is 50.6 Å². The first kappa shape index (κ1) is 43.0. The number of carbonyl (C=O) groups is 3. The number of benzene rings is 2. The number of rotatable bonds is 17. The van der Waals surface area contributed by atoms with E-state index in [9.17, 15) is 41.4 Å². The lowest BCUT2D eigenvalue weighted by Gasteiger charge is -2.36. The van der Waals surface area contributed by atoms with E-state index in [1.807, 2.05) is 0 Å². The number of β-amino-alcohol motifs (C(OH)–C–C–N with tert-alkyl or cyclic N) is 1. The summed E-state index contributed by atoms with van der Waals surface area (Å²) in [5, 5.41) is 18.6. The number of fused-ring (bicyclic) bond motifs is 1. The van der Waals surface area contributed by atoms with Crippen molar-refractivity contribution in [2.24, 2.45) is 5.73 Å². The molecular weight excluding hydrogens is 760 g/mol. The zero-order chi connectivity index (χ0) is 40.3. The molecule has 2 aromatic carbocycles. The van der Waals surface area contributed by atoms with Crippen molar-refractivity contribution in [3.63, 3.8) is 0 Å². The number of nitrogens with two attached hydrogens (primary N) is 1. The molecule has 0 bridgehead atoms. The van der Waals surface area contributed by atoms with E-state index in [-0.39, 0.29) is 60.8 Å². The molecule has 19 heteroatoms. The number of amides is 2. The molecule has 0 radical (unpaired) electrons. The number of hydrogen-bond acceptors (Lipinski definition) is 11. The van der Waals surface area contributed by atoms with Gasteiger partial charge in [0.2, 0.25) is 5.91 Å². The number of esters is 1. The summed E-state index contributed by atoms with van der Waals surface area (Å²) in [4.78, 5) is 38.0. The zero-order valence-corrected chi connectivity index (χ0v) is 30.6. The van der Waals surface area contributed by atoms with Crippen LogP contribution in [-0.2, 0) is 25.5 Å². The summed E-state index contributed by atoms with van der Waals surface area (Å²) in [7, 11) is 2.53. The fraction of sp³-hybridized carbons (Fsp3) is 0.472. The van der Waals surface area contributed by atoms with Gasteiger partial charge >= 0.3 is 18.8 Å². The Kier molecular flexibility index (Phi) is 15.4. The molecule has 3 aromatic rings. The molecule has 4 atom stereocenters. The number of nitrogens with zero attached hydrogens (tertiary/aromatic N) is 1. The van der Waals surface area contributed by atoms with Crippen LogP contribution >= 0.6 is 11.3 Å². The fourth-order valence-corrected chi connectivity index (χ4v) is 7.16. The van der Waals surface area contributed by atoms with Gasteiger partial charge in [-0.15, -0.1) is 11.3 Å². The van der Waals surface area contributed by atoms with Gasteiger partial charge in [0.05, 0.1) is 59.8 Å². The van der Waals surface area contributed by atoms with Crippen molar-refractivity contribution in [3.05, 3.63) is 52.4 Å². The van der Waals surface area contributed by atoms with Crippen molar-refractivity contribution in [1.29, 1.82) is 0 Å². The largest absolute Gasteiger partial charge is 0.467 e. The summed E-state index contributed by atoms with van der Waals surface area (Å²) in [6, 6.07) is 6.33. The number of aliphatic hydroxyl groups excluding tert-OH is 1. The molecule has 1 aromatic heterocycles. The van der Waals surface area contributed by atoms with Crippen LogP contribution in [-0.4, -0.2) is 112 Å². The van der Waals surface area contributed by atoms with E-state index >= 15 is 4.39 Å². The van der Waals surface area contributed by atoms with Crippen LogP contribution in [0.25, 0.3) is 10.1 Å². The Bertz CT molecular complexity index is 1870. The summed E-state index contributed by atoms with van der Waals surface area (Å²) in [6.07, 6.45) is -8.00. The smallest absolute Gasteiger partial charge is 0.393 e. The lowest BCUT2D eigenvalue weighted by atomic mass is 10.0. The summed E-state index contributed by atoms with van der Waals surface area (Å²) in [5.74, 6) is 2.55. The number of alkyl halides is 6. The van der Waals surface area contributed by atoms with E-state index in [1.165, 1.54) is 25.3 Å². The Labute approximate surface area is 316 Å². The van der Waals surface area contributed by atoms with Gasteiger partial charge in [-0.2, -0.15) is 22.0 Å². The highest BCUT2D eigenvalue weighted by molar-refractivity contribution is 7.20. The molecule has 0 spiro atoms. The molecule has 0 aliphatic carbocycles. The highest BCUT2D eigenvalue weighted by Gasteiger charge is 2.33. The molecule has 1 aliphatic heterocycles. The number of thiophene rings is 1. The van der Waals surface area contributed by atoms with Gasteiger partial charge in [0.25, 0.3) is 5.91 Å². The standard InChI is InChI=1S/C36H41F6N5O7S/c1-52-19-21(48)17-47-14-12-25(24(37)18-47)45-27-6-3-5-22-23(16-36(40,41)42)30(55-32(22)27)7-4-13-44-26-9-8-20(15-29(26)54-35(38)39)33(50)46-28(34(51)53-2)10-11-31(43)49/h3,5-6,8-9,15,21,24-25,28,35,44-45,48H,10-14,16-19H2,1-2H3,(H2,43,49)(H,46,50). The molecule has 4 unspecified atom stereocenters. The van der Waals surface area contributed by atoms with Crippen LogP contribution in [0.4, 0.5) is 37.7 Å². The van der Waals surface area contributed by atoms with Crippen LogP contribution in [0.15, 0.2) is 36.4 Å². The second kappa shape index (κ2) is 19.7. The number of carbonyl (C=O) groups excluding carboxylic acids is 3. The number of likely N-dealkylation sites (tertiary alicyclic amines) is 1. The first-order chi connectivity index (χ1) is 26.1. The van der Waals surface area contributed by atoms with Gasteiger partial charge in [0.1, 0.15) is 18.0 Å². The maximum absolute atomic E-state index is 15.3. The fourth-order valence-electron chi connectivity index (χ4n) is 5.99. The lowest BCUT2D eigenvalue weighted by molar-refractivity contribution is -0.143. The number of nitrogens with one attached hydrogen (secondary N) is 3. The molecule has 12 nitrogen and oxygen atoms in total. The second-order valence-corrected chi connectivity index (χ2v) is 13.6. The summed E-state index contributed by atoms with van der Waals surface area (Å²) in [6.45, 7) is -2.66. The third-order valence-electron chi connectivity index (χ3n) is 8.49. The third kappa shape index (κ3) is 12.6. The topological polar surface area (TPSA) is 164 Å². The van der Waals surface area contributed by atoms with Gasteiger partial charge in [-0.1, -0.05) is 24.0 Å². The normalized spacial score (nSPS) is 17.2. The number of primary amides is 1. The number of methoxy groups -OCH3 is 2. The summed E-state index contributed by atoms with van der Waals surface area (Å²) < 4.78 is 97.9. The summed E-state index contributed by atoms with van der Waals surface area (Å²) >= 11 is 1.00. The van der Waals surface area contributed by atoms with E-state index in [1.54, 1.807) is 17.0 Å². The minimum Gasteiger partial charge on any atom is -0.467 e. The SMILES string of the molecule is COCC(O)CN1CCC(Nc2cccc3c(CC(F)(F)F)c(C#CCNc4ccc(C(=O)NC(CCC(N)=O)C(=O)OC)cc4OC(F)F)sc23)C(F)C1. The van der Waals surface area contributed by atoms with E-state index in [0.717, 1.165) is 24.5 Å². The van der Waals surface area contributed by atoms with E-state index in [2.05, 4.69) is 37.3 Å². The van der Waals surface area contributed by atoms with Crippen molar-refractivity contribution in [3.8, 4) is 17.6 Å². The van der Waals surface area contributed by atoms with Crippen molar-refractivity contribution in [1.82, 2.24) is 10.2 Å². The molecule has 1 fully saturated rings. The minimum absolute atomic E-state index is 0.0252. The maximum atomic E-state index is 15.3. The monoisotopic (exact) mass is 801 g/mol. The first-order valence-corrected chi connectivity index (χ1v) is 17.8. The number of anilines is 2. The number of ether oxygens (including phenoxy) is 3. The predicted molar refractivity (Wildman–Crippen MR) is 193 cm³/mol. The number of aliphatic hydroxyl groups is 1. The van der Waals surface area contributed by atoms with Gasteiger partial charge in [-0.3, -0.25) is 14.5 Å². The Morgan fingerprint density at radius 3 is 2.56 bits per heavy atom. The van der Waals surface area contributed by atoms with E-state index < -0.39 is 67.1 Å². The Hall–Kier alpha value is -4.77. The average molecular weight is 802 g/mol. The molecular formula is C36H41F6N5O7S. The van der Waals surface area contributed by atoms with Crippen LogP contribution < -0.4 is 26.4 Å². The third-order valence-corrected chi connectivity index (χ3v) is 9.69. The second-order valence-electron chi connectivity index (χ2n) is 12.6. The van der Waals surface area contributed by atoms with Gasteiger partial charge < -0.3 is 41.0 Å². The lowest BCUT2D eigenvalue weighted by Crippen LogP contribution is -2.50. The minimum atomic E-state index is -4.58. The maximum Gasteiger partial charge on any atom is 0.393 e. The molecule has 55 heavy (non-hydrogen) atoms. The van der Waals surface area contributed by atoms with Crippen molar-refractivity contribution < 1.29 is 60.0 Å². The number of halogens is 6. The summed E-state index contributed by atoms with van der Waals surface area (Å²) in [5.41, 5.74) is 5.29. The molecule has 6 N–H and O–H groups in total. The quantitative estimate of drug-likeness (QED) is 0.0750. The molecule has 1 saturated heterocycles. The van der Waals surface area contributed by atoms with Gasteiger partial charge in [0.15, 0.2) is 0 Å². The molecule has 1 aliphatic rings. The first-order valence-electron chi connectivity index (χ1n) is 17.0. The van der Waals surface area contributed by atoms with Crippen molar-refractivity contribution in [2.45, 2.75) is 62.8 Å². The van der Waals surface area contributed by atoms with E-state index in [0.29, 0.717) is 28.7 Å². The van der Waals surface area contributed by atoms with Gasteiger partial charge in [-0.25, -0.2) is 9.18 Å². The Morgan fingerprint density at radius 2 is 1.91 bits per heavy atom. The highest BCUT2D eigenvalue weighted by Crippen LogP contribution is 2.39.